The van der Waals surface area contributed by atoms with E-state index in [1.54, 1.807) is 0 Å². The predicted octanol–water partition coefficient (Wildman–Crippen LogP) is 1.73. The summed E-state index contributed by atoms with van der Waals surface area (Å²) in [5, 5.41) is 3.40. The highest BCUT2D eigenvalue weighted by Crippen LogP contribution is 2.18. The molecule has 0 spiro atoms. The van der Waals surface area contributed by atoms with Crippen molar-refractivity contribution in [2.45, 2.75) is 25.3 Å². The maximum Gasteiger partial charge on any atom is 0.0256 e. The van der Waals surface area contributed by atoms with Gasteiger partial charge >= 0.3 is 0 Å². The van der Waals surface area contributed by atoms with Crippen LogP contribution in [0.4, 0.5) is 0 Å². The molecule has 0 aliphatic heterocycles. The molecule has 0 fully saturated rings. The lowest BCUT2D eigenvalue weighted by atomic mass is 9.93. The Morgan fingerprint density at radius 1 is 1.38 bits per heavy atom. The molecule has 0 aliphatic carbocycles. The van der Waals surface area contributed by atoms with Crippen molar-refractivity contribution in [2.24, 2.45) is 5.73 Å². The first-order valence-corrected chi connectivity index (χ1v) is 5.71. The molecule has 2 nitrogen and oxygen atoms in total. The van der Waals surface area contributed by atoms with Crippen LogP contribution in [0, 0.1) is 12.3 Å². The summed E-state index contributed by atoms with van der Waals surface area (Å²) in [6.07, 6.45) is 5.97. The zero-order valence-electron chi connectivity index (χ0n) is 9.82. The second-order valence-electron chi connectivity index (χ2n) is 3.95. The highest BCUT2D eigenvalue weighted by atomic mass is 14.9. The first kappa shape index (κ1) is 12.8. The van der Waals surface area contributed by atoms with Gasteiger partial charge < -0.3 is 11.1 Å². The van der Waals surface area contributed by atoms with Gasteiger partial charge in [-0.1, -0.05) is 37.3 Å². The quantitative estimate of drug-likeness (QED) is 0.561. The van der Waals surface area contributed by atoms with Crippen molar-refractivity contribution >= 4 is 0 Å². The summed E-state index contributed by atoms with van der Waals surface area (Å²) in [6, 6.07) is 10.7. The van der Waals surface area contributed by atoms with Gasteiger partial charge in [0.2, 0.25) is 0 Å². The summed E-state index contributed by atoms with van der Waals surface area (Å²) < 4.78 is 0. The van der Waals surface area contributed by atoms with Crippen LogP contribution in [-0.2, 0) is 0 Å². The summed E-state index contributed by atoms with van der Waals surface area (Å²) in [7, 11) is 0. The van der Waals surface area contributed by atoms with Gasteiger partial charge in [0, 0.05) is 25.6 Å². The molecule has 0 radical (unpaired) electrons. The average molecular weight is 216 g/mol. The van der Waals surface area contributed by atoms with Gasteiger partial charge in [-0.15, -0.1) is 12.3 Å². The van der Waals surface area contributed by atoms with E-state index in [9.17, 15) is 0 Å². The van der Waals surface area contributed by atoms with E-state index in [4.69, 9.17) is 12.2 Å². The van der Waals surface area contributed by atoms with Crippen LogP contribution in [0.1, 0.15) is 24.8 Å². The minimum absolute atomic E-state index is 0.288. The van der Waals surface area contributed by atoms with Gasteiger partial charge in [0.1, 0.15) is 0 Å². The van der Waals surface area contributed by atoms with Crippen molar-refractivity contribution in [1.29, 1.82) is 0 Å². The number of terminal acetylenes is 1. The van der Waals surface area contributed by atoms with Gasteiger partial charge in [-0.2, -0.15) is 0 Å². The molecular weight excluding hydrogens is 196 g/mol. The van der Waals surface area contributed by atoms with Gasteiger partial charge in [-0.25, -0.2) is 0 Å². The Bertz CT molecular complexity index is 326. The molecule has 0 bridgehead atoms. The van der Waals surface area contributed by atoms with Crippen molar-refractivity contribution in [3.05, 3.63) is 35.9 Å². The Balaban J connectivity index is 2.56. The third-order valence-electron chi connectivity index (χ3n) is 2.86. The van der Waals surface area contributed by atoms with E-state index < -0.39 is 0 Å². The number of benzene rings is 1. The molecule has 16 heavy (non-hydrogen) atoms. The molecule has 0 saturated heterocycles. The topological polar surface area (TPSA) is 38.0 Å². The molecular formula is C14H20N2. The average Bonchev–Trinajstić information content (AvgIpc) is 2.35. The molecule has 1 rings (SSSR count). The molecule has 0 aliphatic rings. The van der Waals surface area contributed by atoms with E-state index in [0.29, 0.717) is 12.5 Å². The molecule has 2 unspecified atom stereocenters. The molecule has 0 amide bonds. The van der Waals surface area contributed by atoms with Crippen LogP contribution in [0.15, 0.2) is 30.3 Å². The summed E-state index contributed by atoms with van der Waals surface area (Å²) in [5.74, 6) is 3.03. The fourth-order valence-electron chi connectivity index (χ4n) is 1.78. The largest absolute Gasteiger partial charge is 0.329 e. The van der Waals surface area contributed by atoms with Crippen LogP contribution in [0.2, 0.25) is 0 Å². The van der Waals surface area contributed by atoms with E-state index in [1.165, 1.54) is 5.56 Å². The third kappa shape index (κ3) is 3.69. The SMILES string of the molecule is C#CCCNC(CN)C(C)c1ccccc1. The maximum atomic E-state index is 5.78. The van der Waals surface area contributed by atoms with E-state index in [1.807, 2.05) is 6.07 Å². The Morgan fingerprint density at radius 3 is 2.62 bits per heavy atom. The first-order valence-electron chi connectivity index (χ1n) is 5.71. The number of nitrogens with one attached hydrogen (secondary N) is 1. The second kappa shape index (κ2) is 7.05. The molecule has 86 valence electrons. The Labute approximate surface area is 98.2 Å². The summed E-state index contributed by atoms with van der Waals surface area (Å²) in [4.78, 5) is 0. The molecule has 1 aromatic rings. The molecule has 0 saturated carbocycles. The van der Waals surface area contributed by atoms with E-state index in [2.05, 4.69) is 42.4 Å². The Kier molecular flexibility index (Phi) is 5.63. The Hall–Kier alpha value is -1.30. The van der Waals surface area contributed by atoms with Gasteiger partial charge in [-0.3, -0.25) is 0 Å². The number of nitrogens with two attached hydrogens (primary N) is 1. The summed E-state index contributed by atoms with van der Waals surface area (Å²) in [6.45, 7) is 3.64. The normalized spacial score (nSPS) is 14.1. The van der Waals surface area contributed by atoms with Gasteiger partial charge in [0.05, 0.1) is 0 Å². The van der Waals surface area contributed by atoms with Crippen LogP contribution in [0.5, 0.6) is 0 Å². The lowest BCUT2D eigenvalue weighted by Crippen LogP contribution is -2.40. The number of rotatable bonds is 6. The summed E-state index contributed by atoms with van der Waals surface area (Å²) >= 11 is 0. The smallest absolute Gasteiger partial charge is 0.0256 e. The van der Waals surface area contributed by atoms with Gasteiger partial charge in [0.15, 0.2) is 0 Å². The molecule has 0 aromatic heterocycles. The monoisotopic (exact) mass is 216 g/mol. The van der Waals surface area contributed by atoms with Crippen LogP contribution in [0.3, 0.4) is 0 Å². The highest BCUT2D eigenvalue weighted by Gasteiger charge is 2.16. The third-order valence-corrected chi connectivity index (χ3v) is 2.86. The number of hydrogen-bond donors (Lipinski definition) is 2. The fraction of sp³-hybridized carbons (Fsp3) is 0.429. The van der Waals surface area contributed by atoms with Crippen LogP contribution in [0.25, 0.3) is 0 Å². The second-order valence-corrected chi connectivity index (χ2v) is 3.95. The van der Waals surface area contributed by atoms with Gasteiger partial charge in [0.25, 0.3) is 0 Å². The lowest BCUT2D eigenvalue weighted by Gasteiger charge is -2.24. The zero-order valence-corrected chi connectivity index (χ0v) is 9.82. The Morgan fingerprint density at radius 2 is 2.06 bits per heavy atom. The predicted molar refractivity (Wildman–Crippen MR) is 69.2 cm³/mol. The summed E-state index contributed by atoms with van der Waals surface area (Å²) in [5.41, 5.74) is 7.09. The molecule has 2 atom stereocenters. The molecule has 1 aromatic carbocycles. The maximum absolute atomic E-state index is 5.78. The number of hydrogen-bond acceptors (Lipinski definition) is 2. The molecule has 3 N–H and O–H groups in total. The van der Waals surface area contributed by atoms with Crippen molar-refractivity contribution in [2.75, 3.05) is 13.1 Å². The van der Waals surface area contributed by atoms with E-state index in [-0.39, 0.29) is 6.04 Å². The van der Waals surface area contributed by atoms with Gasteiger partial charge in [-0.05, 0) is 11.5 Å². The highest BCUT2D eigenvalue weighted by molar-refractivity contribution is 5.20. The van der Waals surface area contributed by atoms with Crippen molar-refractivity contribution in [3.8, 4) is 12.3 Å². The lowest BCUT2D eigenvalue weighted by molar-refractivity contribution is 0.462. The van der Waals surface area contributed by atoms with Crippen molar-refractivity contribution in [1.82, 2.24) is 5.32 Å². The fourth-order valence-corrected chi connectivity index (χ4v) is 1.78. The standard InChI is InChI=1S/C14H20N2/c1-3-4-10-16-14(11-15)12(2)13-8-6-5-7-9-13/h1,5-9,12,14,16H,4,10-11,15H2,2H3. The minimum atomic E-state index is 0.288. The zero-order chi connectivity index (χ0) is 11.8. The van der Waals surface area contributed by atoms with E-state index >= 15 is 0 Å². The van der Waals surface area contributed by atoms with Crippen LogP contribution >= 0.6 is 0 Å². The van der Waals surface area contributed by atoms with Crippen LogP contribution in [-0.4, -0.2) is 19.1 Å². The first-order chi connectivity index (χ1) is 7.79. The van der Waals surface area contributed by atoms with Crippen molar-refractivity contribution < 1.29 is 0 Å². The molecule has 0 heterocycles. The molecule has 2 heteroatoms. The minimum Gasteiger partial charge on any atom is -0.329 e. The van der Waals surface area contributed by atoms with E-state index in [0.717, 1.165) is 13.0 Å². The van der Waals surface area contributed by atoms with Crippen LogP contribution < -0.4 is 11.1 Å². The van der Waals surface area contributed by atoms with Crippen molar-refractivity contribution in [3.63, 3.8) is 0 Å².